The van der Waals surface area contributed by atoms with Crippen LogP contribution in [-0.4, -0.2) is 11.1 Å². The van der Waals surface area contributed by atoms with Crippen molar-refractivity contribution in [3.8, 4) is 0 Å². The van der Waals surface area contributed by atoms with Crippen LogP contribution < -0.4 is 0 Å². The molecule has 0 heterocycles. The Morgan fingerprint density at radius 1 is 1.57 bits per heavy atom. The van der Waals surface area contributed by atoms with Gasteiger partial charge in [-0.2, -0.15) is 0 Å². The number of rotatable bonds is 2. The fraction of sp³-hybridized carbons (Fsp3) is 0.100. The molecule has 2 nitrogen and oxygen atoms in total. The number of carboxylic acids is 1. The highest BCUT2D eigenvalue weighted by Crippen LogP contribution is 2.19. The first-order valence-electron chi connectivity index (χ1n) is 3.87. The lowest BCUT2D eigenvalue weighted by Crippen LogP contribution is -1.95. The second kappa shape index (κ2) is 4.24. The summed E-state index contributed by atoms with van der Waals surface area (Å²) in [5.41, 5.74) is 0.645. The summed E-state index contributed by atoms with van der Waals surface area (Å²) in [5, 5.41) is 8.80. The molecular formula is C10H8ClFO2. The van der Waals surface area contributed by atoms with Crippen LogP contribution in [0.2, 0.25) is 5.02 Å². The van der Waals surface area contributed by atoms with E-state index in [2.05, 4.69) is 0 Å². The van der Waals surface area contributed by atoms with Gasteiger partial charge in [0.05, 0.1) is 5.02 Å². The Morgan fingerprint density at radius 3 is 2.71 bits per heavy atom. The summed E-state index contributed by atoms with van der Waals surface area (Å²) in [6, 6.07) is 3.81. The molecule has 0 bridgehead atoms. The first-order valence-corrected chi connectivity index (χ1v) is 4.25. The molecule has 1 aromatic rings. The third-order valence-electron chi connectivity index (χ3n) is 1.67. The van der Waals surface area contributed by atoms with E-state index in [9.17, 15) is 9.18 Å². The van der Waals surface area contributed by atoms with Crippen molar-refractivity contribution in [2.75, 3.05) is 0 Å². The normalized spacial score (nSPS) is 11.5. The molecule has 0 aliphatic heterocycles. The van der Waals surface area contributed by atoms with E-state index in [4.69, 9.17) is 16.7 Å². The van der Waals surface area contributed by atoms with Gasteiger partial charge < -0.3 is 5.11 Å². The largest absolute Gasteiger partial charge is 0.478 e. The maximum atomic E-state index is 12.6. The van der Waals surface area contributed by atoms with Crippen molar-refractivity contribution in [1.82, 2.24) is 0 Å². The smallest absolute Gasteiger partial charge is 0.331 e. The minimum absolute atomic E-state index is 0.151. The fourth-order valence-corrected chi connectivity index (χ4v) is 1.14. The van der Waals surface area contributed by atoms with E-state index in [1.54, 1.807) is 0 Å². The molecule has 0 aromatic heterocycles. The lowest BCUT2D eigenvalue weighted by Gasteiger charge is -1.99. The molecule has 1 N–H and O–H groups in total. The van der Waals surface area contributed by atoms with Crippen molar-refractivity contribution >= 4 is 23.6 Å². The molecule has 0 radical (unpaired) electrons. The summed E-state index contributed by atoms with van der Waals surface area (Å²) in [5.74, 6) is -1.47. The van der Waals surface area contributed by atoms with Crippen molar-refractivity contribution in [1.29, 1.82) is 0 Å². The summed E-state index contributed by atoms with van der Waals surface area (Å²) >= 11 is 5.70. The zero-order chi connectivity index (χ0) is 10.7. The van der Waals surface area contributed by atoms with Crippen LogP contribution in [0.5, 0.6) is 0 Å². The molecule has 1 rings (SSSR count). The molecule has 0 unspecified atom stereocenters. The number of carbonyl (C=O) groups is 1. The Labute approximate surface area is 85.6 Å². The molecule has 74 valence electrons. The molecule has 0 aliphatic rings. The fourth-order valence-electron chi connectivity index (χ4n) is 0.914. The summed E-state index contributed by atoms with van der Waals surface area (Å²) in [6.07, 6.45) is 1.39. The molecule has 0 amide bonds. The Morgan fingerprint density at radius 2 is 2.21 bits per heavy atom. The molecule has 0 atom stereocenters. The molecule has 1 aromatic carbocycles. The highest BCUT2D eigenvalue weighted by molar-refractivity contribution is 6.32. The standard InChI is InChI=1S/C10H8ClFO2/c1-6(10(13)14)4-7-2-3-8(12)5-9(7)11/h2-5H,1H3,(H,13,14)/b6-4+. The van der Waals surface area contributed by atoms with E-state index in [1.165, 1.54) is 25.1 Å². The van der Waals surface area contributed by atoms with Gasteiger partial charge in [-0.15, -0.1) is 0 Å². The van der Waals surface area contributed by atoms with E-state index in [1.807, 2.05) is 0 Å². The van der Waals surface area contributed by atoms with Gasteiger partial charge in [0.1, 0.15) is 5.82 Å². The SMILES string of the molecule is C/C(=C\c1ccc(F)cc1Cl)C(=O)O. The van der Waals surface area contributed by atoms with Gasteiger partial charge in [0.15, 0.2) is 0 Å². The van der Waals surface area contributed by atoms with E-state index in [0.29, 0.717) is 5.56 Å². The molecule has 0 saturated carbocycles. The Hall–Kier alpha value is -1.35. The molecular weight excluding hydrogens is 207 g/mol. The Kier molecular flexibility index (Phi) is 3.25. The summed E-state index contributed by atoms with van der Waals surface area (Å²) in [7, 11) is 0. The van der Waals surface area contributed by atoms with E-state index in [0.717, 1.165) is 6.07 Å². The van der Waals surface area contributed by atoms with Crippen LogP contribution in [0.3, 0.4) is 0 Å². The van der Waals surface area contributed by atoms with Gasteiger partial charge in [0.2, 0.25) is 0 Å². The van der Waals surface area contributed by atoms with Gasteiger partial charge in [-0.05, 0) is 30.7 Å². The molecule has 0 fully saturated rings. The number of halogens is 2. The van der Waals surface area contributed by atoms with Gasteiger partial charge >= 0.3 is 5.97 Å². The van der Waals surface area contributed by atoms with Gasteiger partial charge in [0, 0.05) is 5.57 Å². The van der Waals surface area contributed by atoms with Crippen LogP contribution in [0, 0.1) is 5.82 Å². The maximum Gasteiger partial charge on any atom is 0.331 e. The number of hydrogen-bond donors (Lipinski definition) is 1. The van der Waals surface area contributed by atoms with Crippen molar-refractivity contribution < 1.29 is 14.3 Å². The third kappa shape index (κ3) is 2.57. The lowest BCUT2D eigenvalue weighted by atomic mass is 10.1. The van der Waals surface area contributed by atoms with Crippen molar-refractivity contribution in [2.24, 2.45) is 0 Å². The second-order valence-corrected chi connectivity index (χ2v) is 3.21. The summed E-state index contributed by atoms with van der Waals surface area (Å²) in [4.78, 5) is 10.5. The first kappa shape index (κ1) is 10.7. The van der Waals surface area contributed by atoms with Crippen LogP contribution >= 0.6 is 11.6 Å². The predicted octanol–water partition coefficient (Wildman–Crippen LogP) is 2.97. The minimum Gasteiger partial charge on any atom is -0.478 e. The number of benzene rings is 1. The third-order valence-corrected chi connectivity index (χ3v) is 2.00. The number of hydrogen-bond acceptors (Lipinski definition) is 1. The van der Waals surface area contributed by atoms with Crippen LogP contribution in [0.4, 0.5) is 4.39 Å². The van der Waals surface area contributed by atoms with Crippen molar-refractivity contribution in [3.63, 3.8) is 0 Å². The van der Waals surface area contributed by atoms with Crippen LogP contribution in [0.15, 0.2) is 23.8 Å². The molecule has 0 spiro atoms. The lowest BCUT2D eigenvalue weighted by molar-refractivity contribution is -0.132. The second-order valence-electron chi connectivity index (χ2n) is 2.80. The van der Waals surface area contributed by atoms with Gasteiger partial charge in [0.25, 0.3) is 0 Å². The summed E-state index contributed by atoms with van der Waals surface area (Å²) in [6.45, 7) is 1.45. The molecule has 0 saturated heterocycles. The van der Waals surface area contributed by atoms with Crippen molar-refractivity contribution in [2.45, 2.75) is 6.92 Å². The van der Waals surface area contributed by atoms with Gasteiger partial charge in [-0.3, -0.25) is 0 Å². The number of carboxylic acid groups (broad SMARTS) is 1. The number of aliphatic carboxylic acids is 1. The average molecular weight is 215 g/mol. The van der Waals surface area contributed by atoms with Gasteiger partial charge in [-0.25, -0.2) is 9.18 Å². The summed E-state index contributed by atoms with van der Waals surface area (Å²) < 4.78 is 12.6. The van der Waals surface area contributed by atoms with E-state index < -0.39 is 11.8 Å². The quantitative estimate of drug-likeness (QED) is 0.769. The Bertz CT molecular complexity index is 399. The van der Waals surface area contributed by atoms with Crippen LogP contribution in [0.25, 0.3) is 6.08 Å². The average Bonchev–Trinajstić information content (AvgIpc) is 2.09. The van der Waals surface area contributed by atoms with Crippen LogP contribution in [0.1, 0.15) is 12.5 Å². The van der Waals surface area contributed by atoms with Crippen molar-refractivity contribution in [3.05, 3.63) is 40.2 Å². The molecule has 4 heteroatoms. The molecule has 14 heavy (non-hydrogen) atoms. The maximum absolute atomic E-state index is 12.6. The minimum atomic E-state index is -1.02. The zero-order valence-corrected chi connectivity index (χ0v) is 8.18. The van der Waals surface area contributed by atoms with E-state index >= 15 is 0 Å². The van der Waals surface area contributed by atoms with E-state index in [-0.39, 0.29) is 10.6 Å². The van der Waals surface area contributed by atoms with Crippen LogP contribution in [-0.2, 0) is 4.79 Å². The highest BCUT2D eigenvalue weighted by Gasteiger charge is 2.03. The predicted molar refractivity (Wildman–Crippen MR) is 52.7 cm³/mol. The topological polar surface area (TPSA) is 37.3 Å². The monoisotopic (exact) mass is 214 g/mol. The Balaban J connectivity index is 3.09. The zero-order valence-electron chi connectivity index (χ0n) is 7.42. The first-order chi connectivity index (χ1) is 6.50. The highest BCUT2D eigenvalue weighted by atomic mass is 35.5. The molecule has 0 aliphatic carbocycles. The van der Waals surface area contributed by atoms with Gasteiger partial charge in [-0.1, -0.05) is 17.7 Å².